The molecule has 4 rings (SSSR count). The molecule has 2 saturated heterocycles. The van der Waals surface area contributed by atoms with E-state index in [1.54, 1.807) is 7.05 Å². The number of benzene rings is 2. The molecule has 7 nitrogen and oxygen atoms in total. The lowest BCUT2D eigenvalue weighted by Gasteiger charge is -2.20. The van der Waals surface area contributed by atoms with E-state index in [-0.39, 0.29) is 36.0 Å². The van der Waals surface area contributed by atoms with Crippen molar-refractivity contribution >= 4 is 47.2 Å². The molecule has 8 heteroatoms. The Bertz CT molecular complexity index is 944. The summed E-state index contributed by atoms with van der Waals surface area (Å²) in [6, 6.07) is 16.9. The van der Waals surface area contributed by atoms with Gasteiger partial charge >= 0.3 is 0 Å². The summed E-state index contributed by atoms with van der Waals surface area (Å²) in [5.41, 5.74) is 4.41. The Morgan fingerprint density at radius 1 is 1.18 bits per heavy atom. The highest BCUT2D eigenvalue weighted by molar-refractivity contribution is 14.0. The summed E-state index contributed by atoms with van der Waals surface area (Å²) in [6.45, 7) is 5.38. The molecule has 178 valence electrons. The summed E-state index contributed by atoms with van der Waals surface area (Å²) in [7, 11) is 1.79. The number of nitrogens with zero attached hydrogens (tertiary/aromatic N) is 2. The third-order valence-electron chi connectivity index (χ3n) is 6.03. The maximum absolute atomic E-state index is 12.3. The van der Waals surface area contributed by atoms with Crippen molar-refractivity contribution < 1.29 is 9.53 Å². The number of hydrogen-bond donors (Lipinski definition) is 3. The van der Waals surface area contributed by atoms with Crippen LogP contribution >= 0.6 is 24.0 Å². The van der Waals surface area contributed by atoms with Crippen molar-refractivity contribution in [1.82, 2.24) is 10.6 Å². The van der Waals surface area contributed by atoms with Crippen molar-refractivity contribution in [1.29, 1.82) is 0 Å². The quantitative estimate of drug-likeness (QED) is 0.284. The number of hydrogen-bond acceptors (Lipinski definition) is 4. The molecule has 2 aromatic rings. The zero-order chi connectivity index (χ0) is 22.3. The zero-order valence-corrected chi connectivity index (χ0v) is 21.7. The number of anilines is 2. The smallest absolute Gasteiger partial charge is 0.253 e. The standard InChI is InChI=1S/C25H33N5O2.HI/c1-18-8-10-22(11-9-18)30-13-12-21(17-30)29-25(26-2)27-16-19-5-3-6-20(15-19)28-24(31)23-7-4-14-32-23;/h3,5-6,8-11,15,21,23H,4,7,12-14,16-17H2,1-2H3,(H,28,31)(H2,26,27,29);1H. The molecule has 0 aliphatic carbocycles. The highest BCUT2D eigenvalue weighted by Gasteiger charge is 2.24. The van der Waals surface area contributed by atoms with Gasteiger partial charge in [-0.2, -0.15) is 0 Å². The molecule has 0 aromatic heterocycles. The fourth-order valence-corrected chi connectivity index (χ4v) is 4.21. The van der Waals surface area contributed by atoms with E-state index in [9.17, 15) is 4.79 Å². The summed E-state index contributed by atoms with van der Waals surface area (Å²) in [5, 5.41) is 9.90. The largest absolute Gasteiger partial charge is 0.369 e. The Balaban J connectivity index is 0.00000306. The van der Waals surface area contributed by atoms with Gasteiger partial charge in [-0.1, -0.05) is 29.8 Å². The van der Waals surface area contributed by atoms with Crippen LogP contribution in [-0.4, -0.2) is 50.8 Å². The molecule has 0 spiro atoms. The maximum Gasteiger partial charge on any atom is 0.253 e. The maximum atomic E-state index is 12.3. The number of ether oxygens (including phenoxy) is 1. The molecule has 2 aliphatic heterocycles. The molecule has 2 aliphatic rings. The van der Waals surface area contributed by atoms with Gasteiger partial charge < -0.3 is 25.6 Å². The second-order valence-electron chi connectivity index (χ2n) is 8.53. The van der Waals surface area contributed by atoms with Gasteiger partial charge in [-0.25, -0.2) is 0 Å². The molecule has 2 heterocycles. The fraction of sp³-hybridized carbons (Fsp3) is 0.440. The van der Waals surface area contributed by atoms with Crippen molar-refractivity contribution in [3.05, 3.63) is 59.7 Å². The molecule has 0 radical (unpaired) electrons. The number of amides is 1. The lowest BCUT2D eigenvalue weighted by atomic mass is 10.2. The van der Waals surface area contributed by atoms with Crippen LogP contribution in [0.15, 0.2) is 53.5 Å². The Morgan fingerprint density at radius 3 is 2.73 bits per heavy atom. The zero-order valence-electron chi connectivity index (χ0n) is 19.3. The summed E-state index contributed by atoms with van der Waals surface area (Å²) in [4.78, 5) is 19.1. The van der Waals surface area contributed by atoms with E-state index in [4.69, 9.17) is 4.74 Å². The van der Waals surface area contributed by atoms with Crippen molar-refractivity contribution in [3.63, 3.8) is 0 Å². The molecule has 2 unspecified atom stereocenters. The minimum Gasteiger partial charge on any atom is -0.369 e. The van der Waals surface area contributed by atoms with Crippen molar-refractivity contribution in [2.24, 2.45) is 4.99 Å². The summed E-state index contributed by atoms with van der Waals surface area (Å²) in [5.74, 6) is 0.721. The van der Waals surface area contributed by atoms with Crippen LogP contribution in [-0.2, 0) is 16.1 Å². The predicted molar refractivity (Wildman–Crippen MR) is 145 cm³/mol. The van der Waals surface area contributed by atoms with Crippen LogP contribution in [0.25, 0.3) is 0 Å². The van der Waals surface area contributed by atoms with Gasteiger partial charge in [0.15, 0.2) is 5.96 Å². The molecule has 33 heavy (non-hydrogen) atoms. The summed E-state index contributed by atoms with van der Waals surface area (Å²) in [6.07, 6.45) is 2.47. The number of aliphatic imine (C=N–C) groups is 1. The molecule has 2 aromatic carbocycles. The van der Waals surface area contributed by atoms with Gasteiger partial charge in [0.05, 0.1) is 0 Å². The molecular formula is C25H34IN5O2. The number of carbonyl (C=O) groups is 1. The second kappa shape index (κ2) is 12.2. The van der Waals surface area contributed by atoms with Crippen LogP contribution in [0.5, 0.6) is 0 Å². The SMILES string of the molecule is CN=C(NCc1cccc(NC(=O)C2CCCO2)c1)NC1CCN(c2ccc(C)cc2)C1.I. The molecule has 2 fully saturated rings. The first kappa shape index (κ1) is 25.3. The molecule has 1 amide bonds. The van der Waals surface area contributed by atoms with E-state index in [2.05, 4.69) is 57.0 Å². The molecular weight excluding hydrogens is 529 g/mol. The lowest BCUT2D eigenvalue weighted by Crippen LogP contribution is -2.44. The van der Waals surface area contributed by atoms with Gasteiger partial charge in [0.25, 0.3) is 5.91 Å². The highest BCUT2D eigenvalue weighted by atomic mass is 127. The van der Waals surface area contributed by atoms with Crippen molar-refractivity contribution in [3.8, 4) is 0 Å². The normalized spacial score (nSPS) is 20.3. The topological polar surface area (TPSA) is 78.0 Å². The van der Waals surface area contributed by atoms with Crippen LogP contribution in [0, 0.1) is 6.92 Å². The van der Waals surface area contributed by atoms with E-state index >= 15 is 0 Å². The van der Waals surface area contributed by atoms with Gasteiger partial charge in [-0.05, 0) is 56.0 Å². The predicted octanol–water partition coefficient (Wildman–Crippen LogP) is 3.67. The fourth-order valence-electron chi connectivity index (χ4n) is 4.21. The van der Waals surface area contributed by atoms with Crippen LogP contribution in [0.2, 0.25) is 0 Å². The monoisotopic (exact) mass is 563 g/mol. The molecule has 0 bridgehead atoms. The van der Waals surface area contributed by atoms with Gasteiger partial charge in [0.1, 0.15) is 6.10 Å². The van der Waals surface area contributed by atoms with E-state index in [1.165, 1.54) is 11.3 Å². The third kappa shape index (κ3) is 7.07. The van der Waals surface area contributed by atoms with E-state index < -0.39 is 0 Å². The number of guanidine groups is 1. The van der Waals surface area contributed by atoms with Crippen molar-refractivity contribution in [2.45, 2.75) is 44.9 Å². The second-order valence-corrected chi connectivity index (χ2v) is 8.53. The first-order chi connectivity index (χ1) is 15.6. The van der Waals surface area contributed by atoms with Gasteiger partial charge in [0, 0.05) is 50.7 Å². The molecule has 0 saturated carbocycles. The van der Waals surface area contributed by atoms with Gasteiger partial charge in [0.2, 0.25) is 0 Å². The van der Waals surface area contributed by atoms with Crippen LogP contribution < -0.4 is 20.9 Å². The van der Waals surface area contributed by atoms with Crippen LogP contribution in [0.1, 0.15) is 30.4 Å². The van der Waals surface area contributed by atoms with Crippen molar-refractivity contribution in [2.75, 3.05) is 37.0 Å². The number of carbonyl (C=O) groups excluding carboxylic acids is 1. The van der Waals surface area contributed by atoms with Gasteiger partial charge in [-0.15, -0.1) is 24.0 Å². The summed E-state index contributed by atoms with van der Waals surface area (Å²) >= 11 is 0. The molecule has 2 atom stereocenters. The van der Waals surface area contributed by atoms with Crippen LogP contribution in [0.3, 0.4) is 0 Å². The van der Waals surface area contributed by atoms with E-state index in [1.807, 2.05) is 24.3 Å². The Morgan fingerprint density at radius 2 is 2.00 bits per heavy atom. The lowest BCUT2D eigenvalue weighted by molar-refractivity contribution is -0.124. The first-order valence-electron chi connectivity index (χ1n) is 11.4. The highest BCUT2D eigenvalue weighted by Crippen LogP contribution is 2.21. The van der Waals surface area contributed by atoms with Crippen LogP contribution in [0.4, 0.5) is 11.4 Å². The molecule has 3 N–H and O–H groups in total. The first-order valence-corrected chi connectivity index (χ1v) is 11.4. The average Bonchev–Trinajstić information content (AvgIpc) is 3.50. The third-order valence-corrected chi connectivity index (χ3v) is 6.03. The average molecular weight is 563 g/mol. The Labute approximate surface area is 213 Å². The Kier molecular flexibility index (Phi) is 9.37. The van der Waals surface area contributed by atoms with E-state index in [0.717, 1.165) is 49.6 Å². The summed E-state index contributed by atoms with van der Waals surface area (Å²) < 4.78 is 5.46. The number of rotatable bonds is 6. The number of halogens is 1. The Hall–Kier alpha value is -2.33. The minimum atomic E-state index is -0.328. The number of nitrogens with one attached hydrogen (secondary N) is 3. The number of aryl methyl sites for hydroxylation is 1. The van der Waals surface area contributed by atoms with Gasteiger partial charge in [-0.3, -0.25) is 9.79 Å². The minimum absolute atomic E-state index is 0. The van der Waals surface area contributed by atoms with E-state index in [0.29, 0.717) is 19.2 Å².